The van der Waals surface area contributed by atoms with Gasteiger partial charge < -0.3 is 4.74 Å². The van der Waals surface area contributed by atoms with E-state index in [4.69, 9.17) is 4.74 Å². The SMILES string of the molecule is Fc1cccc(F)c1OCc1cc(Br)cs1. The van der Waals surface area contributed by atoms with Crippen LogP contribution in [0.3, 0.4) is 0 Å². The van der Waals surface area contributed by atoms with Gasteiger partial charge in [-0.3, -0.25) is 0 Å². The maximum atomic E-state index is 13.2. The minimum atomic E-state index is -0.685. The molecule has 1 aromatic heterocycles. The fraction of sp³-hybridized carbons (Fsp3) is 0.0909. The van der Waals surface area contributed by atoms with Crippen molar-refractivity contribution in [3.8, 4) is 5.75 Å². The second kappa shape index (κ2) is 4.93. The molecule has 0 amide bonds. The highest BCUT2D eigenvalue weighted by Crippen LogP contribution is 2.25. The number of thiophene rings is 1. The molecule has 1 heterocycles. The van der Waals surface area contributed by atoms with Crippen LogP contribution in [0.4, 0.5) is 8.78 Å². The average molecular weight is 305 g/mol. The summed E-state index contributed by atoms with van der Waals surface area (Å²) >= 11 is 4.76. The zero-order chi connectivity index (χ0) is 11.5. The second-order valence-corrected chi connectivity index (χ2v) is 4.98. The molecular weight excluding hydrogens is 298 g/mol. The number of ether oxygens (including phenoxy) is 1. The topological polar surface area (TPSA) is 9.23 Å². The van der Waals surface area contributed by atoms with Gasteiger partial charge >= 0.3 is 0 Å². The van der Waals surface area contributed by atoms with Crippen LogP contribution in [0.15, 0.2) is 34.1 Å². The Hall–Kier alpha value is -0.940. The first-order valence-corrected chi connectivity index (χ1v) is 6.14. The van der Waals surface area contributed by atoms with Crippen molar-refractivity contribution >= 4 is 27.3 Å². The summed E-state index contributed by atoms with van der Waals surface area (Å²) in [4.78, 5) is 0.898. The Bertz CT molecular complexity index is 478. The van der Waals surface area contributed by atoms with Gasteiger partial charge in [0, 0.05) is 14.7 Å². The van der Waals surface area contributed by atoms with E-state index in [-0.39, 0.29) is 12.4 Å². The number of benzene rings is 1. The summed E-state index contributed by atoms with van der Waals surface area (Å²) < 4.78 is 32.4. The van der Waals surface area contributed by atoms with Crippen LogP contribution >= 0.6 is 27.3 Å². The van der Waals surface area contributed by atoms with Crippen LogP contribution < -0.4 is 4.74 Å². The van der Waals surface area contributed by atoms with E-state index in [1.807, 2.05) is 11.4 Å². The Balaban J connectivity index is 2.10. The Morgan fingerprint density at radius 2 is 1.94 bits per heavy atom. The molecule has 0 N–H and O–H groups in total. The van der Waals surface area contributed by atoms with Crippen molar-refractivity contribution in [2.75, 3.05) is 0 Å². The molecule has 0 aliphatic rings. The van der Waals surface area contributed by atoms with Crippen LogP contribution in [0.2, 0.25) is 0 Å². The molecule has 0 fully saturated rings. The fourth-order valence-corrected chi connectivity index (χ4v) is 2.56. The van der Waals surface area contributed by atoms with Crippen molar-refractivity contribution in [1.82, 2.24) is 0 Å². The monoisotopic (exact) mass is 304 g/mol. The summed E-state index contributed by atoms with van der Waals surface area (Å²) in [5.74, 6) is -1.70. The first-order chi connectivity index (χ1) is 7.66. The predicted octanol–water partition coefficient (Wildman–Crippen LogP) is 4.37. The molecule has 2 rings (SSSR count). The molecule has 0 saturated carbocycles. The van der Waals surface area contributed by atoms with E-state index in [9.17, 15) is 8.78 Å². The Kier molecular flexibility index (Phi) is 3.56. The van der Waals surface area contributed by atoms with E-state index in [1.54, 1.807) is 0 Å². The molecule has 1 nitrogen and oxygen atoms in total. The van der Waals surface area contributed by atoms with Gasteiger partial charge in [0.05, 0.1) is 0 Å². The number of para-hydroxylation sites is 1. The Morgan fingerprint density at radius 1 is 1.25 bits per heavy atom. The first kappa shape index (κ1) is 11.5. The molecule has 0 aliphatic heterocycles. The van der Waals surface area contributed by atoms with Crippen molar-refractivity contribution < 1.29 is 13.5 Å². The van der Waals surface area contributed by atoms with E-state index in [1.165, 1.54) is 29.5 Å². The lowest BCUT2D eigenvalue weighted by Crippen LogP contribution is -1.97. The molecule has 0 atom stereocenters. The van der Waals surface area contributed by atoms with E-state index in [0.29, 0.717) is 0 Å². The smallest absolute Gasteiger partial charge is 0.191 e. The minimum Gasteiger partial charge on any atom is -0.482 e. The molecule has 16 heavy (non-hydrogen) atoms. The van der Waals surface area contributed by atoms with Crippen molar-refractivity contribution in [2.45, 2.75) is 6.61 Å². The summed E-state index contributed by atoms with van der Waals surface area (Å²) in [6.07, 6.45) is 0. The quantitative estimate of drug-likeness (QED) is 0.818. The second-order valence-electron chi connectivity index (χ2n) is 3.07. The van der Waals surface area contributed by atoms with Crippen molar-refractivity contribution in [3.05, 3.63) is 50.6 Å². The van der Waals surface area contributed by atoms with Crippen LogP contribution in [0.25, 0.3) is 0 Å². The van der Waals surface area contributed by atoms with Gasteiger partial charge in [0.1, 0.15) is 6.61 Å². The maximum Gasteiger partial charge on any atom is 0.191 e. The van der Waals surface area contributed by atoms with E-state index < -0.39 is 11.6 Å². The summed E-state index contributed by atoms with van der Waals surface area (Å²) in [6, 6.07) is 5.49. The highest BCUT2D eigenvalue weighted by molar-refractivity contribution is 9.10. The Labute approximate surface area is 104 Å². The predicted molar refractivity (Wildman–Crippen MR) is 62.7 cm³/mol. The third-order valence-electron chi connectivity index (χ3n) is 1.90. The molecule has 0 unspecified atom stereocenters. The van der Waals surface area contributed by atoms with Crippen LogP contribution in [0.1, 0.15) is 4.88 Å². The number of halogens is 3. The first-order valence-electron chi connectivity index (χ1n) is 4.46. The summed E-state index contributed by atoms with van der Waals surface area (Å²) in [7, 11) is 0. The lowest BCUT2D eigenvalue weighted by Gasteiger charge is -2.06. The van der Waals surface area contributed by atoms with Gasteiger partial charge in [-0.2, -0.15) is 0 Å². The molecule has 0 radical (unpaired) electrons. The summed E-state index contributed by atoms with van der Waals surface area (Å²) in [6.45, 7) is 0.161. The van der Waals surface area contributed by atoms with Crippen LogP contribution in [-0.4, -0.2) is 0 Å². The number of hydrogen-bond acceptors (Lipinski definition) is 2. The third-order valence-corrected chi connectivity index (χ3v) is 3.57. The molecule has 1 aromatic carbocycles. The van der Waals surface area contributed by atoms with Crippen LogP contribution in [-0.2, 0) is 6.61 Å². The molecular formula is C11H7BrF2OS. The maximum absolute atomic E-state index is 13.2. The lowest BCUT2D eigenvalue weighted by molar-refractivity contribution is 0.277. The van der Waals surface area contributed by atoms with Crippen molar-refractivity contribution in [3.63, 3.8) is 0 Å². The molecule has 2 aromatic rings. The number of hydrogen-bond donors (Lipinski definition) is 0. The molecule has 0 bridgehead atoms. The van der Waals surface area contributed by atoms with Gasteiger partial charge in [-0.25, -0.2) is 8.78 Å². The third kappa shape index (κ3) is 2.59. The fourth-order valence-electron chi connectivity index (χ4n) is 1.19. The van der Waals surface area contributed by atoms with Gasteiger partial charge in [-0.05, 0) is 34.1 Å². The zero-order valence-electron chi connectivity index (χ0n) is 8.04. The Morgan fingerprint density at radius 3 is 2.50 bits per heavy atom. The van der Waals surface area contributed by atoms with Gasteiger partial charge in [0.15, 0.2) is 17.4 Å². The van der Waals surface area contributed by atoms with Crippen molar-refractivity contribution in [1.29, 1.82) is 0 Å². The standard InChI is InChI=1S/C11H7BrF2OS/c12-7-4-8(16-6-7)5-15-11-9(13)2-1-3-10(11)14/h1-4,6H,5H2. The van der Waals surface area contributed by atoms with Gasteiger partial charge in [0.2, 0.25) is 0 Å². The molecule has 0 aliphatic carbocycles. The summed E-state index contributed by atoms with van der Waals surface area (Å²) in [5, 5.41) is 1.89. The van der Waals surface area contributed by atoms with E-state index >= 15 is 0 Å². The normalized spacial score (nSPS) is 10.4. The minimum absolute atomic E-state index is 0.161. The van der Waals surface area contributed by atoms with Crippen LogP contribution in [0.5, 0.6) is 5.75 Å². The molecule has 84 valence electrons. The molecule has 5 heteroatoms. The van der Waals surface area contributed by atoms with Gasteiger partial charge in [0.25, 0.3) is 0 Å². The van der Waals surface area contributed by atoms with Crippen molar-refractivity contribution in [2.24, 2.45) is 0 Å². The average Bonchev–Trinajstić information content (AvgIpc) is 2.63. The van der Waals surface area contributed by atoms with E-state index in [0.717, 1.165) is 9.35 Å². The number of rotatable bonds is 3. The lowest BCUT2D eigenvalue weighted by atomic mass is 10.3. The van der Waals surface area contributed by atoms with Gasteiger partial charge in [-0.1, -0.05) is 6.07 Å². The molecule has 0 saturated heterocycles. The highest BCUT2D eigenvalue weighted by Gasteiger charge is 2.10. The molecule has 0 spiro atoms. The highest BCUT2D eigenvalue weighted by atomic mass is 79.9. The van der Waals surface area contributed by atoms with Crippen LogP contribution in [0, 0.1) is 11.6 Å². The summed E-state index contributed by atoms with van der Waals surface area (Å²) in [5.41, 5.74) is 0. The largest absolute Gasteiger partial charge is 0.482 e. The van der Waals surface area contributed by atoms with Gasteiger partial charge in [-0.15, -0.1) is 11.3 Å². The zero-order valence-corrected chi connectivity index (χ0v) is 10.4. The van der Waals surface area contributed by atoms with E-state index in [2.05, 4.69) is 15.9 Å².